The molecule has 1 aliphatic heterocycles. The number of hydrogen-bond acceptors (Lipinski definition) is 3. The van der Waals surface area contributed by atoms with Crippen LogP contribution in [-0.2, 0) is 11.0 Å². The van der Waals surface area contributed by atoms with Crippen molar-refractivity contribution >= 4 is 29.2 Å². The number of nitrogens with zero attached hydrogens (tertiary/aromatic N) is 1. The van der Waals surface area contributed by atoms with Gasteiger partial charge in [-0.15, -0.1) is 0 Å². The Morgan fingerprint density at radius 1 is 1.00 bits per heavy atom. The number of alkyl halides is 3. The first-order valence-electron chi connectivity index (χ1n) is 11.0. The molecular weight excluding hydrogens is 449 g/mol. The van der Waals surface area contributed by atoms with Crippen LogP contribution in [0.15, 0.2) is 48.5 Å². The first-order valence-corrected chi connectivity index (χ1v) is 11.0. The first-order chi connectivity index (χ1) is 16.0. The van der Waals surface area contributed by atoms with Crippen LogP contribution in [-0.4, -0.2) is 41.9 Å². The number of urea groups is 1. The highest BCUT2D eigenvalue weighted by molar-refractivity contribution is 6.05. The lowest BCUT2D eigenvalue weighted by atomic mass is 9.97. The number of anilines is 2. The van der Waals surface area contributed by atoms with Crippen molar-refractivity contribution in [2.45, 2.75) is 38.9 Å². The SMILES string of the molecule is CC(C)NC(=O)N1CCCC(C(=O)Nc2cccc(C(=O)Nc3cccc(C(F)(F)F)c3)c2)C1. The lowest BCUT2D eigenvalue weighted by molar-refractivity contribution is -0.137. The highest BCUT2D eigenvalue weighted by Gasteiger charge is 2.31. The minimum atomic E-state index is -4.52. The molecule has 4 amide bonds. The van der Waals surface area contributed by atoms with Crippen LogP contribution < -0.4 is 16.0 Å². The number of benzene rings is 2. The Balaban J connectivity index is 1.63. The molecule has 3 rings (SSSR count). The molecule has 182 valence electrons. The summed E-state index contributed by atoms with van der Waals surface area (Å²) in [4.78, 5) is 39.2. The second kappa shape index (κ2) is 10.6. The van der Waals surface area contributed by atoms with E-state index in [-0.39, 0.29) is 29.2 Å². The van der Waals surface area contributed by atoms with Gasteiger partial charge in [-0.2, -0.15) is 13.2 Å². The van der Waals surface area contributed by atoms with Crippen molar-refractivity contribution in [3.05, 3.63) is 59.7 Å². The van der Waals surface area contributed by atoms with Crippen LogP contribution in [0.5, 0.6) is 0 Å². The van der Waals surface area contributed by atoms with Gasteiger partial charge in [0.15, 0.2) is 0 Å². The summed E-state index contributed by atoms with van der Waals surface area (Å²) in [5.74, 6) is -1.27. The predicted octanol–water partition coefficient (Wildman–Crippen LogP) is 4.73. The van der Waals surface area contributed by atoms with E-state index in [0.29, 0.717) is 31.6 Å². The van der Waals surface area contributed by atoms with Gasteiger partial charge in [0.25, 0.3) is 5.91 Å². The normalized spacial score (nSPS) is 16.2. The van der Waals surface area contributed by atoms with E-state index in [1.54, 1.807) is 17.0 Å². The van der Waals surface area contributed by atoms with E-state index in [4.69, 9.17) is 0 Å². The van der Waals surface area contributed by atoms with Crippen molar-refractivity contribution in [2.24, 2.45) is 5.92 Å². The molecule has 10 heteroatoms. The van der Waals surface area contributed by atoms with Gasteiger partial charge in [0.2, 0.25) is 5.91 Å². The molecule has 2 aromatic rings. The fourth-order valence-electron chi connectivity index (χ4n) is 3.67. The summed E-state index contributed by atoms with van der Waals surface area (Å²) in [5.41, 5.74) is -0.298. The van der Waals surface area contributed by atoms with E-state index >= 15 is 0 Å². The summed E-state index contributed by atoms with van der Waals surface area (Å²) in [6, 6.07) is 10.3. The molecule has 0 saturated carbocycles. The summed E-state index contributed by atoms with van der Waals surface area (Å²) in [6.07, 6.45) is -3.19. The zero-order valence-electron chi connectivity index (χ0n) is 18.9. The molecule has 34 heavy (non-hydrogen) atoms. The third-order valence-electron chi connectivity index (χ3n) is 5.33. The molecule has 0 radical (unpaired) electrons. The van der Waals surface area contributed by atoms with Crippen molar-refractivity contribution in [3.8, 4) is 0 Å². The molecule has 1 saturated heterocycles. The minimum absolute atomic E-state index is 0.00785. The molecule has 2 aromatic carbocycles. The molecular formula is C24H27F3N4O3. The van der Waals surface area contributed by atoms with Gasteiger partial charge in [0.1, 0.15) is 0 Å². The second-order valence-electron chi connectivity index (χ2n) is 8.49. The highest BCUT2D eigenvalue weighted by Crippen LogP contribution is 2.30. The number of nitrogens with one attached hydrogen (secondary N) is 3. The van der Waals surface area contributed by atoms with Gasteiger partial charge in [-0.1, -0.05) is 12.1 Å². The Morgan fingerprint density at radius 2 is 1.68 bits per heavy atom. The quantitative estimate of drug-likeness (QED) is 0.583. The molecule has 0 aromatic heterocycles. The lowest BCUT2D eigenvalue weighted by Gasteiger charge is -2.32. The van der Waals surface area contributed by atoms with E-state index in [1.165, 1.54) is 24.3 Å². The molecule has 7 nitrogen and oxygen atoms in total. The van der Waals surface area contributed by atoms with Crippen molar-refractivity contribution < 1.29 is 27.6 Å². The van der Waals surface area contributed by atoms with Gasteiger partial charge in [0, 0.05) is 36.1 Å². The summed E-state index contributed by atoms with van der Waals surface area (Å²) in [7, 11) is 0. The predicted molar refractivity (Wildman–Crippen MR) is 122 cm³/mol. The fourth-order valence-corrected chi connectivity index (χ4v) is 3.67. The Hall–Kier alpha value is -3.56. The highest BCUT2D eigenvalue weighted by atomic mass is 19.4. The molecule has 0 aliphatic carbocycles. The number of halogens is 3. The van der Waals surface area contributed by atoms with Crippen molar-refractivity contribution in [2.75, 3.05) is 23.7 Å². The van der Waals surface area contributed by atoms with Gasteiger partial charge < -0.3 is 20.9 Å². The third-order valence-corrected chi connectivity index (χ3v) is 5.33. The van der Waals surface area contributed by atoms with E-state index < -0.39 is 23.6 Å². The summed E-state index contributed by atoms with van der Waals surface area (Å²) in [6.45, 7) is 4.60. The monoisotopic (exact) mass is 476 g/mol. The van der Waals surface area contributed by atoms with Crippen LogP contribution in [0.1, 0.15) is 42.6 Å². The number of piperidine rings is 1. The van der Waals surface area contributed by atoms with Gasteiger partial charge in [-0.3, -0.25) is 9.59 Å². The summed E-state index contributed by atoms with van der Waals surface area (Å²) >= 11 is 0. The number of carbonyl (C=O) groups excluding carboxylic acids is 3. The van der Waals surface area contributed by atoms with E-state index in [0.717, 1.165) is 12.1 Å². The first kappa shape index (κ1) is 25.1. The van der Waals surface area contributed by atoms with Gasteiger partial charge in [-0.05, 0) is 63.1 Å². The lowest BCUT2D eigenvalue weighted by Crippen LogP contribution is -2.49. The molecule has 1 aliphatic rings. The average molecular weight is 476 g/mol. The number of rotatable bonds is 5. The maximum atomic E-state index is 12.9. The maximum Gasteiger partial charge on any atom is 0.416 e. The van der Waals surface area contributed by atoms with Crippen LogP contribution in [0.25, 0.3) is 0 Å². The standard InChI is InChI=1S/C24H27F3N4O3/c1-15(2)28-23(34)31-11-5-7-17(14-31)22(33)29-19-9-3-6-16(12-19)21(32)30-20-10-4-8-18(13-20)24(25,26)27/h3-4,6,8-10,12-13,15,17H,5,7,11,14H2,1-2H3,(H,28,34)(H,29,33)(H,30,32). The molecule has 1 fully saturated rings. The van der Waals surface area contributed by atoms with Gasteiger partial charge >= 0.3 is 12.2 Å². The van der Waals surface area contributed by atoms with Crippen molar-refractivity contribution in [1.29, 1.82) is 0 Å². The molecule has 0 bridgehead atoms. The number of amides is 4. The molecule has 3 N–H and O–H groups in total. The Kier molecular flexibility index (Phi) is 7.80. The Bertz CT molecular complexity index is 1060. The third kappa shape index (κ3) is 6.72. The Labute approximate surface area is 195 Å². The fraction of sp³-hybridized carbons (Fsp3) is 0.375. The van der Waals surface area contributed by atoms with E-state index in [1.807, 2.05) is 13.8 Å². The molecule has 0 spiro atoms. The molecule has 1 heterocycles. The summed E-state index contributed by atoms with van der Waals surface area (Å²) < 4.78 is 38.7. The number of hydrogen-bond donors (Lipinski definition) is 3. The zero-order valence-corrected chi connectivity index (χ0v) is 18.9. The van der Waals surface area contributed by atoms with E-state index in [2.05, 4.69) is 16.0 Å². The van der Waals surface area contributed by atoms with Crippen LogP contribution in [0.4, 0.5) is 29.3 Å². The topological polar surface area (TPSA) is 90.5 Å². The number of likely N-dealkylation sites (tertiary alicyclic amines) is 1. The number of carbonyl (C=O) groups is 3. The molecule has 1 atom stereocenters. The van der Waals surface area contributed by atoms with Crippen molar-refractivity contribution in [3.63, 3.8) is 0 Å². The van der Waals surface area contributed by atoms with Crippen LogP contribution in [0, 0.1) is 5.92 Å². The maximum absolute atomic E-state index is 12.9. The van der Waals surface area contributed by atoms with Crippen LogP contribution in [0.2, 0.25) is 0 Å². The van der Waals surface area contributed by atoms with Gasteiger partial charge in [-0.25, -0.2) is 4.79 Å². The Morgan fingerprint density at radius 3 is 2.35 bits per heavy atom. The van der Waals surface area contributed by atoms with Crippen LogP contribution >= 0.6 is 0 Å². The smallest absolute Gasteiger partial charge is 0.336 e. The minimum Gasteiger partial charge on any atom is -0.336 e. The van der Waals surface area contributed by atoms with Gasteiger partial charge in [0.05, 0.1) is 11.5 Å². The summed E-state index contributed by atoms with van der Waals surface area (Å²) in [5, 5.41) is 8.04. The average Bonchev–Trinajstić information content (AvgIpc) is 2.78. The molecule has 1 unspecified atom stereocenters. The van der Waals surface area contributed by atoms with Crippen molar-refractivity contribution in [1.82, 2.24) is 10.2 Å². The van der Waals surface area contributed by atoms with E-state index in [9.17, 15) is 27.6 Å². The largest absolute Gasteiger partial charge is 0.416 e. The second-order valence-corrected chi connectivity index (χ2v) is 8.49. The van der Waals surface area contributed by atoms with Crippen LogP contribution in [0.3, 0.4) is 0 Å². The zero-order chi connectivity index (χ0) is 24.9.